The predicted octanol–water partition coefficient (Wildman–Crippen LogP) is 0.959. The van der Waals surface area contributed by atoms with Crippen LogP contribution in [-0.4, -0.2) is 57.0 Å². The lowest BCUT2D eigenvalue weighted by Gasteiger charge is -2.20. The summed E-state index contributed by atoms with van der Waals surface area (Å²) in [6.07, 6.45) is 3.21. The maximum absolute atomic E-state index is 11.3. The minimum Gasteiger partial charge on any atom is -0.390 e. The van der Waals surface area contributed by atoms with E-state index in [1.54, 1.807) is 24.3 Å². The lowest BCUT2D eigenvalue weighted by molar-refractivity contribution is 0.135. The van der Waals surface area contributed by atoms with Crippen molar-refractivity contribution in [1.82, 2.24) is 4.90 Å². The van der Waals surface area contributed by atoms with Crippen molar-refractivity contribution in [3.8, 4) is 0 Å². The van der Waals surface area contributed by atoms with E-state index < -0.39 is 15.9 Å². The number of hydrogen-bond acceptors (Lipinski definition) is 5. The normalized spacial score (nSPS) is 18.1. The number of benzene rings is 1. The second-order valence-electron chi connectivity index (χ2n) is 5.34. The van der Waals surface area contributed by atoms with Gasteiger partial charge in [-0.2, -0.15) is 0 Å². The van der Waals surface area contributed by atoms with Crippen molar-refractivity contribution in [2.75, 3.05) is 37.8 Å². The first kappa shape index (κ1) is 15.3. The van der Waals surface area contributed by atoms with Gasteiger partial charge in [0.2, 0.25) is 0 Å². The number of anilines is 1. The van der Waals surface area contributed by atoms with Crippen molar-refractivity contribution in [2.45, 2.75) is 23.8 Å². The molecule has 1 aromatic carbocycles. The Morgan fingerprint density at radius 1 is 1.25 bits per heavy atom. The van der Waals surface area contributed by atoms with Gasteiger partial charge in [-0.3, -0.25) is 0 Å². The highest BCUT2D eigenvalue weighted by molar-refractivity contribution is 7.90. The van der Waals surface area contributed by atoms with Gasteiger partial charge in [0.1, 0.15) is 0 Å². The van der Waals surface area contributed by atoms with Gasteiger partial charge in [0.05, 0.1) is 11.0 Å². The van der Waals surface area contributed by atoms with Crippen LogP contribution in [0.25, 0.3) is 0 Å². The molecule has 0 aliphatic carbocycles. The fourth-order valence-electron chi connectivity index (χ4n) is 2.38. The lowest BCUT2D eigenvalue weighted by atomic mass is 10.3. The summed E-state index contributed by atoms with van der Waals surface area (Å²) in [5, 5.41) is 13.1. The minimum atomic E-state index is -3.15. The minimum absolute atomic E-state index is 0.306. The molecule has 1 aromatic rings. The van der Waals surface area contributed by atoms with Gasteiger partial charge in [0.15, 0.2) is 9.84 Å². The Morgan fingerprint density at radius 2 is 1.85 bits per heavy atom. The molecule has 1 heterocycles. The molecule has 112 valence electrons. The molecule has 1 fully saturated rings. The average Bonchev–Trinajstić information content (AvgIpc) is 2.88. The van der Waals surface area contributed by atoms with E-state index in [9.17, 15) is 13.5 Å². The third-order valence-corrected chi connectivity index (χ3v) is 4.62. The second kappa shape index (κ2) is 6.56. The van der Waals surface area contributed by atoms with Crippen molar-refractivity contribution in [3.05, 3.63) is 24.3 Å². The fourth-order valence-corrected chi connectivity index (χ4v) is 3.01. The summed E-state index contributed by atoms with van der Waals surface area (Å²) in [7, 11) is -3.15. The number of aliphatic hydroxyl groups is 1. The molecule has 1 unspecified atom stereocenters. The van der Waals surface area contributed by atoms with Gasteiger partial charge >= 0.3 is 0 Å². The Labute approximate surface area is 120 Å². The van der Waals surface area contributed by atoms with Crippen molar-refractivity contribution in [1.29, 1.82) is 0 Å². The van der Waals surface area contributed by atoms with Crippen LogP contribution in [0.2, 0.25) is 0 Å². The molecule has 20 heavy (non-hydrogen) atoms. The highest BCUT2D eigenvalue weighted by Crippen LogP contribution is 2.14. The third-order valence-electron chi connectivity index (χ3n) is 3.49. The van der Waals surface area contributed by atoms with E-state index in [4.69, 9.17) is 0 Å². The molecule has 0 radical (unpaired) electrons. The SMILES string of the molecule is CS(=O)(=O)c1ccc(NCC(O)CN2CCCC2)cc1. The van der Waals surface area contributed by atoms with E-state index in [2.05, 4.69) is 10.2 Å². The molecule has 1 saturated heterocycles. The summed E-state index contributed by atoms with van der Waals surface area (Å²) in [6.45, 7) is 3.30. The number of rotatable bonds is 6. The van der Waals surface area contributed by atoms with Gasteiger partial charge in [-0.25, -0.2) is 8.42 Å². The Balaban J connectivity index is 1.81. The van der Waals surface area contributed by atoms with Gasteiger partial charge in [-0.1, -0.05) is 0 Å². The standard InChI is InChI=1S/C14H22N2O3S/c1-20(18,19)14-6-4-12(5-7-14)15-10-13(17)11-16-8-2-3-9-16/h4-7,13,15,17H,2-3,8-11H2,1H3. The van der Waals surface area contributed by atoms with Crippen LogP contribution in [-0.2, 0) is 9.84 Å². The molecule has 1 atom stereocenters. The molecule has 0 amide bonds. The Kier molecular flexibility index (Phi) is 5.01. The number of nitrogens with zero attached hydrogens (tertiary/aromatic N) is 1. The summed E-state index contributed by atoms with van der Waals surface area (Å²) < 4.78 is 22.7. The first-order valence-corrected chi connectivity index (χ1v) is 8.79. The molecule has 0 aromatic heterocycles. The van der Waals surface area contributed by atoms with E-state index in [1.165, 1.54) is 19.1 Å². The Hall–Kier alpha value is -1.11. The van der Waals surface area contributed by atoms with Crippen LogP contribution in [0.5, 0.6) is 0 Å². The van der Waals surface area contributed by atoms with Gasteiger partial charge in [-0.05, 0) is 50.2 Å². The highest BCUT2D eigenvalue weighted by Gasteiger charge is 2.15. The smallest absolute Gasteiger partial charge is 0.175 e. The predicted molar refractivity (Wildman–Crippen MR) is 79.7 cm³/mol. The van der Waals surface area contributed by atoms with Gasteiger partial charge in [-0.15, -0.1) is 0 Å². The fraction of sp³-hybridized carbons (Fsp3) is 0.571. The van der Waals surface area contributed by atoms with Crippen molar-refractivity contribution in [3.63, 3.8) is 0 Å². The Morgan fingerprint density at radius 3 is 2.40 bits per heavy atom. The van der Waals surface area contributed by atoms with Crippen LogP contribution < -0.4 is 5.32 Å². The first-order valence-electron chi connectivity index (χ1n) is 6.89. The topological polar surface area (TPSA) is 69.6 Å². The van der Waals surface area contributed by atoms with Gasteiger partial charge in [0.25, 0.3) is 0 Å². The number of likely N-dealkylation sites (tertiary alicyclic amines) is 1. The summed E-state index contributed by atoms with van der Waals surface area (Å²) >= 11 is 0. The molecule has 2 rings (SSSR count). The summed E-state index contributed by atoms with van der Waals surface area (Å²) in [5.41, 5.74) is 0.817. The molecule has 1 aliphatic heterocycles. The van der Waals surface area contributed by atoms with E-state index in [1.807, 2.05) is 0 Å². The number of sulfone groups is 1. The maximum atomic E-state index is 11.3. The first-order chi connectivity index (χ1) is 9.45. The zero-order valence-electron chi connectivity index (χ0n) is 11.7. The average molecular weight is 298 g/mol. The molecule has 6 heteroatoms. The zero-order valence-corrected chi connectivity index (χ0v) is 12.6. The molecule has 2 N–H and O–H groups in total. The third kappa shape index (κ3) is 4.47. The maximum Gasteiger partial charge on any atom is 0.175 e. The molecular weight excluding hydrogens is 276 g/mol. The van der Waals surface area contributed by atoms with E-state index in [0.29, 0.717) is 18.0 Å². The number of aliphatic hydroxyl groups excluding tert-OH is 1. The molecular formula is C14H22N2O3S. The lowest BCUT2D eigenvalue weighted by Crippen LogP contribution is -2.34. The van der Waals surface area contributed by atoms with Crippen LogP contribution in [0.1, 0.15) is 12.8 Å². The van der Waals surface area contributed by atoms with Crippen LogP contribution in [0, 0.1) is 0 Å². The van der Waals surface area contributed by atoms with Crippen molar-refractivity contribution >= 4 is 15.5 Å². The summed E-state index contributed by atoms with van der Waals surface area (Å²) in [4.78, 5) is 2.57. The second-order valence-corrected chi connectivity index (χ2v) is 7.35. The molecule has 0 bridgehead atoms. The van der Waals surface area contributed by atoms with Crippen LogP contribution in [0.4, 0.5) is 5.69 Å². The molecule has 0 saturated carbocycles. The van der Waals surface area contributed by atoms with Gasteiger partial charge in [0, 0.05) is 25.0 Å². The number of β-amino-alcohol motifs (C(OH)–C–C–N with tert-alkyl or cyclic N) is 1. The van der Waals surface area contributed by atoms with E-state index in [0.717, 1.165) is 18.8 Å². The zero-order chi connectivity index (χ0) is 14.6. The molecule has 1 aliphatic rings. The van der Waals surface area contributed by atoms with Crippen LogP contribution in [0.3, 0.4) is 0 Å². The largest absolute Gasteiger partial charge is 0.390 e. The quantitative estimate of drug-likeness (QED) is 0.818. The number of nitrogens with one attached hydrogen (secondary N) is 1. The Bertz CT molecular complexity index is 522. The van der Waals surface area contributed by atoms with E-state index >= 15 is 0 Å². The molecule has 0 spiro atoms. The molecule has 5 nitrogen and oxygen atoms in total. The van der Waals surface area contributed by atoms with Crippen LogP contribution >= 0.6 is 0 Å². The number of hydrogen-bond donors (Lipinski definition) is 2. The van der Waals surface area contributed by atoms with Crippen LogP contribution in [0.15, 0.2) is 29.2 Å². The van der Waals surface area contributed by atoms with Crippen molar-refractivity contribution in [2.24, 2.45) is 0 Å². The van der Waals surface area contributed by atoms with E-state index in [-0.39, 0.29) is 0 Å². The highest BCUT2D eigenvalue weighted by atomic mass is 32.2. The van der Waals surface area contributed by atoms with Crippen molar-refractivity contribution < 1.29 is 13.5 Å². The summed E-state index contributed by atoms with van der Waals surface area (Å²) in [5.74, 6) is 0. The summed E-state index contributed by atoms with van der Waals surface area (Å²) in [6, 6.07) is 6.59. The van der Waals surface area contributed by atoms with Gasteiger partial charge < -0.3 is 15.3 Å². The monoisotopic (exact) mass is 298 g/mol.